The molecule has 1 aromatic rings. The van der Waals surface area contributed by atoms with Gasteiger partial charge in [-0.2, -0.15) is 0 Å². The molecule has 0 atom stereocenters. The van der Waals surface area contributed by atoms with Gasteiger partial charge in [-0.3, -0.25) is 0 Å². The summed E-state index contributed by atoms with van der Waals surface area (Å²) in [6.45, 7) is 4.13. The van der Waals surface area contributed by atoms with Gasteiger partial charge in [0.2, 0.25) is 0 Å². The molecule has 1 rings (SSSR count). The summed E-state index contributed by atoms with van der Waals surface area (Å²) < 4.78 is 10.7. The third-order valence-corrected chi connectivity index (χ3v) is 2.28. The van der Waals surface area contributed by atoms with Gasteiger partial charge in [0.25, 0.3) is 0 Å². The van der Waals surface area contributed by atoms with Crippen molar-refractivity contribution in [2.24, 2.45) is 5.73 Å². The fourth-order valence-electron chi connectivity index (χ4n) is 1.21. The summed E-state index contributed by atoms with van der Waals surface area (Å²) in [5, 5.41) is 0. The van der Waals surface area contributed by atoms with E-state index < -0.39 is 0 Å². The molecule has 0 aliphatic heterocycles. The quantitative estimate of drug-likeness (QED) is 0.585. The molecule has 0 aromatic heterocycles. The van der Waals surface area contributed by atoms with Crippen LogP contribution in [0.4, 0.5) is 0 Å². The third kappa shape index (κ3) is 4.59. The first-order valence-electron chi connectivity index (χ1n) is 5.34. The molecule has 0 unspecified atom stereocenters. The molecule has 1 aromatic carbocycles. The Morgan fingerprint density at radius 2 is 1.94 bits per heavy atom. The van der Waals surface area contributed by atoms with Crippen LogP contribution in [-0.4, -0.2) is 24.8 Å². The molecule has 4 heteroatoms. The highest BCUT2D eigenvalue weighted by Gasteiger charge is 1.97. The second-order valence-electron chi connectivity index (χ2n) is 3.29. The monoisotopic (exact) mass is 239 g/mol. The highest BCUT2D eigenvalue weighted by molar-refractivity contribution is 7.80. The van der Waals surface area contributed by atoms with Gasteiger partial charge in [-0.25, -0.2) is 0 Å². The standard InChI is InChI=1S/C12H17NO2S/c1-2-14-8-3-9-15-11-6-4-10(5-7-11)12(13)16/h4-7H,2-3,8-9H2,1H3,(H2,13,16). The SMILES string of the molecule is CCOCCCOc1ccc(C(N)=S)cc1. The van der Waals surface area contributed by atoms with Crippen molar-refractivity contribution in [1.29, 1.82) is 0 Å². The van der Waals surface area contributed by atoms with Crippen molar-refractivity contribution in [1.82, 2.24) is 0 Å². The van der Waals surface area contributed by atoms with Crippen molar-refractivity contribution in [2.75, 3.05) is 19.8 Å². The smallest absolute Gasteiger partial charge is 0.119 e. The topological polar surface area (TPSA) is 44.5 Å². The minimum Gasteiger partial charge on any atom is -0.494 e. The minimum atomic E-state index is 0.405. The lowest BCUT2D eigenvalue weighted by Crippen LogP contribution is -2.09. The lowest BCUT2D eigenvalue weighted by molar-refractivity contribution is 0.131. The van der Waals surface area contributed by atoms with Crippen molar-refractivity contribution in [3.05, 3.63) is 29.8 Å². The molecule has 0 radical (unpaired) electrons. The second-order valence-corrected chi connectivity index (χ2v) is 3.73. The van der Waals surface area contributed by atoms with Gasteiger partial charge in [-0.1, -0.05) is 12.2 Å². The van der Waals surface area contributed by atoms with E-state index >= 15 is 0 Å². The zero-order valence-electron chi connectivity index (χ0n) is 9.44. The molecule has 0 spiro atoms. The van der Waals surface area contributed by atoms with Gasteiger partial charge in [0.1, 0.15) is 10.7 Å². The number of nitrogens with two attached hydrogens (primary N) is 1. The first-order chi connectivity index (χ1) is 7.74. The van der Waals surface area contributed by atoms with Crippen LogP contribution in [0.5, 0.6) is 5.75 Å². The van der Waals surface area contributed by atoms with Crippen LogP contribution in [0.25, 0.3) is 0 Å². The Balaban J connectivity index is 2.29. The van der Waals surface area contributed by atoms with Gasteiger partial charge in [0.05, 0.1) is 6.61 Å². The molecule has 0 heterocycles. The molecular weight excluding hydrogens is 222 g/mol. The van der Waals surface area contributed by atoms with Crippen molar-refractivity contribution in [2.45, 2.75) is 13.3 Å². The van der Waals surface area contributed by atoms with E-state index in [0.29, 0.717) is 11.6 Å². The van der Waals surface area contributed by atoms with Crippen LogP contribution < -0.4 is 10.5 Å². The number of ether oxygens (including phenoxy) is 2. The van der Waals surface area contributed by atoms with E-state index in [0.717, 1.165) is 30.9 Å². The summed E-state index contributed by atoms with van der Waals surface area (Å²) >= 11 is 4.86. The Bertz CT molecular complexity index is 324. The van der Waals surface area contributed by atoms with Crippen molar-refractivity contribution in [3.63, 3.8) is 0 Å². The van der Waals surface area contributed by atoms with E-state index in [1.54, 1.807) is 0 Å². The Hall–Kier alpha value is -1.13. The Labute approximate surface area is 102 Å². The summed E-state index contributed by atoms with van der Waals surface area (Å²) in [5.74, 6) is 0.830. The lowest BCUT2D eigenvalue weighted by atomic mass is 10.2. The summed E-state index contributed by atoms with van der Waals surface area (Å²) in [6, 6.07) is 7.46. The van der Waals surface area contributed by atoms with E-state index in [-0.39, 0.29) is 0 Å². The fourth-order valence-corrected chi connectivity index (χ4v) is 1.35. The zero-order valence-corrected chi connectivity index (χ0v) is 10.3. The summed E-state index contributed by atoms with van der Waals surface area (Å²) in [7, 11) is 0. The number of hydrogen-bond donors (Lipinski definition) is 1. The fraction of sp³-hybridized carbons (Fsp3) is 0.417. The number of hydrogen-bond acceptors (Lipinski definition) is 3. The van der Waals surface area contributed by atoms with Gasteiger partial charge in [-0.05, 0) is 31.2 Å². The Morgan fingerprint density at radius 3 is 2.50 bits per heavy atom. The van der Waals surface area contributed by atoms with E-state index in [9.17, 15) is 0 Å². The van der Waals surface area contributed by atoms with Crippen molar-refractivity contribution in [3.8, 4) is 5.75 Å². The maximum atomic E-state index is 5.52. The number of benzene rings is 1. The minimum absolute atomic E-state index is 0.405. The second kappa shape index (κ2) is 7.19. The van der Waals surface area contributed by atoms with Crippen molar-refractivity contribution >= 4 is 17.2 Å². The van der Waals surface area contributed by atoms with Crippen LogP contribution in [-0.2, 0) is 4.74 Å². The Morgan fingerprint density at radius 1 is 1.25 bits per heavy atom. The molecule has 0 fully saturated rings. The van der Waals surface area contributed by atoms with E-state index in [1.165, 1.54) is 0 Å². The highest BCUT2D eigenvalue weighted by atomic mass is 32.1. The van der Waals surface area contributed by atoms with Gasteiger partial charge in [-0.15, -0.1) is 0 Å². The molecule has 0 aliphatic carbocycles. The van der Waals surface area contributed by atoms with E-state index in [4.69, 9.17) is 27.4 Å². The predicted octanol–water partition coefficient (Wildman–Crippen LogP) is 2.13. The van der Waals surface area contributed by atoms with Gasteiger partial charge < -0.3 is 15.2 Å². The van der Waals surface area contributed by atoms with Crippen LogP contribution in [0.15, 0.2) is 24.3 Å². The number of thiocarbonyl (C=S) groups is 1. The molecule has 3 nitrogen and oxygen atoms in total. The summed E-state index contributed by atoms with van der Waals surface area (Å²) in [6.07, 6.45) is 0.894. The average Bonchev–Trinajstić information content (AvgIpc) is 2.29. The highest BCUT2D eigenvalue weighted by Crippen LogP contribution is 2.12. The van der Waals surface area contributed by atoms with Crippen LogP contribution in [0.2, 0.25) is 0 Å². The van der Waals surface area contributed by atoms with Crippen LogP contribution in [0.3, 0.4) is 0 Å². The molecule has 88 valence electrons. The third-order valence-electron chi connectivity index (χ3n) is 2.04. The van der Waals surface area contributed by atoms with Crippen LogP contribution in [0.1, 0.15) is 18.9 Å². The molecule has 0 aliphatic rings. The van der Waals surface area contributed by atoms with E-state index in [2.05, 4.69) is 0 Å². The van der Waals surface area contributed by atoms with E-state index in [1.807, 2.05) is 31.2 Å². The molecule has 0 bridgehead atoms. The van der Waals surface area contributed by atoms with Crippen LogP contribution >= 0.6 is 12.2 Å². The zero-order chi connectivity index (χ0) is 11.8. The maximum Gasteiger partial charge on any atom is 0.119 e. The Kier molecular flexibility index (Phi) is 5.82. The molecule has 16 heavy (non-hydrogen) atoms. The van der Waals surface area contributed by atoms with Gasteiger partial charge in [0, 0.05) is 25.2 Å². The average molecular weight is 239 g/mol. The number of rotatable bonds is 7. The molecule has 0 amide bonds. The largest absolute Gasteiger partial charge is 0.494 e. The molecule has 2 N–H and O–H groups in total. The summed E-state index contributed by atoms with van der Waals surface area (Å²) in [5.41, 5.74) is 6.35. The van der Waals surface area contributed by atoms with Gasteiger partial charge in [0.15, 0.2) is 0 Å². The van der Waals surface area contributed by atoms with Crippen LogP contribution in [0, 0.1) is 0 Å². The lowest BCUT2D eigenvalue weighted by Gasteiger charge is -2.06. The molecule has 0 saturated heterocycles. The first kappa shape index (κ1) is 12.9. The molecular formula is C12H17NO2S. The van der Waals surface area contributed by atoms with Crippen molar-refractivity contribution < 1.29 is 9.47 Å². The first-order valence-corrected chi connectivity index (χ1v) is 5.75. The molecule has 0 saturated carbocycles. The summed E-state index contributed by atoms with van der Waals surface area (Å²) in [4.78, 5) is 0.405. The van der Waals surface area contributed by atoms with Gasteiger partial charge >= 0.3 is 0 Å². The predicted molar refractivity (Wildman–Crippen MR) is 68.9 cm³/mol. The maximum absolute atomic E-state index is 5.52. The normalized spacial score (nSPS) is 10.1.